The van der Waals surface area contributed by atoms with Gasteiger partial charge in [0.25, 0.3) is 0 Å². The van der Waals surface area contributed by atoms with Gasteiger partial charge in [0, 0.05) is 6.07 Å². The molecule has 0 amide bonds. The Morgan fingerprint density at radius 3 is 2.00 bits per heavy atom. The summed E-state index contributed by atoms with van der Waals surface area (Å²) in [6.07, 6.45) is 3.69. The fourth-order valence-corrected chi connectivity index (χ4v) is 3.73. The zero-order valence-electron chi connectivity index (χ0n) is 19.1. The second-order valence-corrected chi connectivity index (χ2v) is 8.09. The minimum atomic E-state index is -0.140. The molecular formula is C31H24O4. The van der Waals surface area contributed by atoms with Crippen LogP contribution in [0.2, 0.25) is 0 Å². The van der Waals surface area contributed by atoms with Crippen molar-refractivity contribution in [3.05, 3.63) is 142 Å². The quantitative estimate of drug-likeness (QED) is 0.247. The van der Waals surface area contributed by atoms with Gasteiger partial charge in [-0.3, -0.25) is 4.79 Å². The van der Waals surface area contributed by atoms with Crippen LogP contribution in [0.1, 0.15) is 22.5 Å². The van der Waals surface area contributed by atoms with E-state index in [0.717, 1.165) is 22.4 Å². The lowest BCUT2D eigenvalue weighted by Gasteiger charge is -2.09. The summed E-state index contributed by atoms with van der Waals surface area (Å²) in [6.45, 7) is 0.904. The van der Waals surface area contributed by atoms with Gasteiger partial charge in [0.1, 0.15) is 41.4 Å². The summed E-state index contributed by atoms with van der Waals surface area (Å²) in [7, 11) is 0. The maximum Gasteiger partial charge on any atom is 0.197 e. The molecule has 5 rings (SSSR count). The predicted molar refractivity (Wildman–Crippen MR) is 139 cm³/mol. The Labute approximate surface area is 203 Å². The van der Waals surface area contributed by atoms with Gasteiger partial charge < -0.3 is 13.9 Å². The van der Waals surface area contributed by atoms with Crippen LogP contribution in [0, 0.1) is 0 Å². The molecule has 0 N–H and O–H groups in total. The van der Waals surface area contributed by atoms with Crippen LogP contribution in [0.3, 0.4) is 0 Å². The third-order valence-electron chi connectivity index (χ3n) is 5.54. The standard InChI is InChI=1S/C31H24O4/c32-28-20-27(19-16-23-14-17-26(18-15-23)33-21-24-8-3-1-4-9-24)35-30-13-7-12-29(31(28)30)34-22-25-10-5-2-6-11-25/h1-20H,21-22H2/b19-16+. The van der Waals surface area contributed by atoms with E-state index in [1.807, 2.05) is 97.1 Å². The molecule has 0 aliphatic carbocycles. The highest BCUT2D eigenvalue weighted by atomic mass is 16.5. The smallest absolute Gasteiger partial charge is 0.197 e. The van der Waals surface area contributed by atoms with Crippen LogP contribution in [0.5, 0.6) is 11.5 Å². The van der Waals surface area contributed by atoms with Gasteiger partial charge in [-0.05, 0) is 47.0 Å². The SMILES string of the molecule is O=c1cc(/C=C/c2ccc(OCc3ccccc3)cc2)oc2cccc(OCc3ccccc3)c12. The predicted octanol–water partition coefficient (Wildman–Crippen LogP) is 7.12. The molecule has 4 nitrogen and oxygen atoms in total. The molecule has 1 heterocycles. The molecular weight excluding hydrogens is 436 g/mol. The maximum absolute atomic E-state index is 12.9. The van der Waals surface area contributed by atoms with Crippen LogP contribution in [-0.4, -0.2) is 0 Å². The van der Waals surface area contributed by atoms with Crippen molar-refractivity contribution < 1.29 is 13.9 Å². The van der Waals surface area contributed by atoms with Crippen molar-refractivity contribution in [3.63, 3.8) is 0 Å². The summed E-state index contributed by atoms with van der Waals surface area (Å²) in [6, 6.07) is 34.6. The minimum Gasteiger partial charge on any atom is -0.489 e. The van der Waals surface area contributed by atoms with E-state index in [1.54, 1.807) is 18.2 Å². The van der Waals surface area contributed by atoms with E-state index < -0.39 is 0 Å². The number of fused-ring (bicyclic) bond motifs is 1. The summed E-state index contributed by atoms with van der Waals surface area (Å²) in [4.78, 5) is 12.9. The van der Waals surface area contributed by atoms with Crippen molar-refractivity contribution in [2.45, 2.75) is 13.2 Å². The molecule has 0 radical (unpaired) electrons. The molecule has 0 aliphatic rings. The van der Waals surface area contributed by atoms with Gasteiger partial charge >= 0.3 is 0 Å². The van der Waals surface area contributed by atoms with E-state index in [2.05, 4.69) is 0 Å². The highest BCUT2D eigenvalue weighted by molar-refractivity contribution is 5.84. The Morgan fingerprint density at radius 1 is 0.657 bits per heavy atom. The first-order valence-electron chi connectivity index (χ1n) is 11.4. The summed E-state index contributed by atoms with van der Waals surface area (Å²) in [5.41, 5.74) is 3.48. The number of hydrogen-bond donors (Lipinski definition) is 0. The van der Waals surface area contributed by atoms with Crippen molar-refractivity contribution in [3.8, 4) is 11.5 Å². The first kappa shape index (κ1) is 22.2. The zero-order chi connectivity index (χ0) is 23.9. The Morgan fingerprint density at radius 2 is 1.31 bits per heavy atom. The van der Waals surface area contributed by atoms with Gasteiger partial charge in [0.05, 0.1) is 0 Å². The van der Waals surface area contributed by atoms with Gasteiger partial charge in [0.15, 0.2) is 5.43 Å². The molecule has 172 valence electrons. The van der Waals surface area contributed by atoms with Crippen molar-refractivity contribution >= 4 is 23.1 Å². The molecule has 5 aromatic rings. The van der Waals surface area contributed by atoms with Crippen molar-refractivity contribution in [2.75, 3.05) is 0 Å². The molecule has 1 aromatic heterocycles. The lowest BCUT2D eigenvalue weighted by molar-refractivity contribution is 0.306. The topological polar surface area (TPSA) is 48.7 Å². The Bertz CT molecular complexity index is 1480. The summed E-state index contributed by atoms with van der Waals surface area (Å²) in [5, 5.41) is 0.445. The molecule has 0 saturated heterocycles. The molecule has 0 bridgehead atoms. The van der Waals surface area contributed by atoms with Crippen molar-refractivity contribution in [1.29, 1.82) is 0 Å². The first-order chi connectivity index (χ1) is 17.2. The second-order valence-electron chi connectivity index (χ2n) is 8.09. The van der Waals surface area contributed by atoms with Crippen molar-refractivity contribution in [2.24, 2.45) is 0 Å². The fraction of sp³-hybridized carbons (Fsp3) is 0.0645. The third kappa shape index (κ3) is 5.68. The van der Waals surface area contributed by atoms with Crippen LogP contribution in [-0.2, 0) is 13.2 Å². The molecule has 0 saturated carbocycles. The second kappa shape index (κ2) is 10.6. The van der Waals surface area contributed by atoms with E-state index in [0.29, 0.717) is 35.7 Å². The van der Waals surface area contributed by atoms with Crippen LogP contribution < -0.4 is 14.9 Å². The highest BCUT2D eigenvalue weighted by Crippen LogP contribution is 2.25. The Balaban J connectivity index is 1.28. The lowest BCUT2D eigenvalue weighted by atomic mass is 10.1. The summed E-state index contributed by atoms with van der Waals surface area (Å²) >= 11 is 0. The molecule has 0 aliphatic heterocycles. The maximum atomic E-state index is 12.9. The number of benzene rings is 4. The lowest BCUT2D eigenvalue weighted by Crippen LogP contribution is -2.04. The Hall–Kier alpha value is -4.57. The highest BCUT2D eigenvalue weighted by Gasteiger charge is 2.10. The van der Waals surface area contributed by atoms with E-state index in [4.69, 9.17) is 13.9 Å². The molecule has 4 heteroatoms. The van der Waals surface area contributed by atoms with Gasteiger partial charge in [-0.2, -0.15) is 0 Å². The van der Waals surface area contributed by atoms with E-state index in [1.165, 1.54) is 6.07 Å². The number of ether oxygens (including phenoxy) is 2. The molecule has 0 unspecified atom stereocenters. The van der Waals surface area contributed by atoms with E-state index >= 15 is 0 Å². The van der Waals surface area contributed by atoms with Gasteiger partial charge in [-0.25, -0.2) is 0 Å². The molecule has 0 atom stereocenters. The molecule has 35 heavy (non-hydrogen) atoms. The Kier molecular flexibility index (Phi) is 6.72. The van der Waals surface area contributed by atoms with E-state index in [-0.39, 0.29) is 5.43 Å². The average Bonchev–Trinajstić information content (AvgIpc) is 2.91. The van der Waals surface area contributed by atoms with Crippen LogP contribution in [0.4, 0.5) is 0 Å². The monoisotopic (exact) mass is 460 g/mol. The number of hydrogen-bond acceptors (Lipinski definition) is 4. The van der Waals surface area contributed by atoms with Crippen LogP contribution >= 0.6 is 0 Å². The fourth-order valence-electron chi connectivity index (χ4n) is 3.73. The van der Waals surface area contributed by atoms with Gasteiger partial charge in [-0.1, -0.05) is 84.9 Å². The third-order valence-corrected chi connectivity index (χ3v) is 5.54. The number of rotatable bonds is 8. The largest absolute Gasteiger partial charge is 0.489 e. The molecule has 0 fully saturated rings. The van der Waals surface area contributed by atoms with Gasteiger partial charge in [0.2, 0.25) is 0 Å². The van der Waals surface area contributed by atoms with E-state index in [9.17, 15) is 4.79 Å². The summed E-state index contributed by atoms with van der Waals surface area (Å²) < 4.78 is 17.7. The minimum absolute atomic E-state index is 0.140. The first-order valence-corrected chi connectivity index (χ1v) is 11.4. The van der Waals surface area contributed by atoms with Crippen molar-refractivity contribution in [1.82, 2.24) is 0 Å². The zero-order valence-corrected chi connectivity index (χ0v) is 19.1. The molecule has 0 spiro atoms. The van der Waals surface area contributed by atoms with Crippen LogP contribution in [0.25, 0.3) is 23.1 Å². The average molecular weight is 461 g/mol. The van der Waals surface area contributed by atoms with Crippen LogP contribution in [0.15, 0.2) is 118 Å². The summed E-state index contributed by atoms with van der Waals surface area (Å²) in [5.74, 6) is 1.79. The van der Waals surface area contributed by atoms with Gasteiger partial charge in [-0.15, -0.1) is 0 Å². The normalized spacial score (nSPS) is 11.1. The molecule has 4 aromatic carbocycles.